The van der Waals surface area contributed by atoms with Crippen LogP contribution in [-0.4, -0.2) is 111 Å². The fraction of sp³-hybridized carbons (Fsp3) is 0.286. The molecular formula is C28H26N8Na2O2. The summed E-state index contributed by atoms with van der Waals surface area (Å²) in [5.74, 6) is 0.991. The van der Waals surface area contributed by atoms with Crippen molar-refractivity contribution in [2.24, 2.45) is 0 Å². The summed E-state index contributed by atoms with van der Waals surface area (Å²) in [7, 11) is 0. The van der Waals surface area contributed by atoms with Crippen molar-refractivity contribution in [3.05, 3.63) is 82.6 Å². The van der Waals surface area contributed by atoms with Gasteiger partial charge in [-0.25, -0.2) is 4.98 Å². The molecule has 2 N–H and O–H groups in total. The molecule has 2 aliphatic heterocycles. The van der Waals surface area contributed by atoms with Gasteiger partial charge in [-0.2, -0.15) is 10.5 Å². The van der Waals surface area contributed by atoms with E-state index in [1.165, 1.54) is 0 Å². The van der Waals surface area contributed by atoms with Gasteiger partial charge < -0.3 is 14.6 Å². The molecule has 6 rings (SSSR count). The Kier molecular flexibility index (Phi) is 9.67. The monoisotopic (exact) mass is 552 g/mol. The molecule has 1 amide bonds. The van der Waals surface area contributed by atoms with Gasteiger partial charge in [0.2, 0.25) is 5.82 Å². The molecule has 2 aliphatic rings. The number of aliphatic hydroxyl groups excluding tert-OH is 1. The maximum atomic E-state index is 12.6. The Balaban J connectivity index is 0.00000185. The van der Waals surface area contributed by atoms with Gasteiger partial charge in [0.1, 0.15) is 17.7 Å². The van der Waals surface area contributed by atoms with E-state index in [0.717, 1.165) is 58.7 Å². The molecule has 40 heavy (non-hydrogen) atoms. The molecule has 1 unspecified atom stereocenters. The number of fused-ring (bicyclic) bond motifs is 2. The van der Waals surface area contributed by atoms with Gasteiger partial charge in [0.25, 0.3) is 5.91 Å². The van der Waals surface area contributed by atoms with Gasteiger partial charge >= 0.3 is 0 Å². The standard InChI is InChI=1S/C28H26N8O2.2Na/c1-2-3-8-25-30-22-16-36-24(26(37)21(14-29)28(36)38)13-23(22)35(25)15-17-9-11-18(12-10-17)19-6-4-5-7-20(19)27-31-33-34-32-27;;/h4-7,9-12,24,37H,2-3,8,13,15-16H2,1H3,(H,31,32,33,34);;. The van der Waals surface area contributed by atoms with Crippen LogP contribution in [0.4, 0.5) is 0 Å². The molecule has 2 aromatic heterocycles. The number of carbonyl (C=O) groups excluding carboxylic acids is 1. The number of nitrogens with zero attached hydrogens (tertiary/aromatic N) is 7. The van der Waals surface area contributed by atoms with E-state index in [1.807, 2.05) is 30.3 Å². The first-order valence-electron chi connectivity index (χ1n) is 12.7. The molecule has 0 fully saturated rings. The van der Waals surface area contributed by atoms with Crippen LogP contribution < -0.4 is 0 Å². The fourth-order valence-electron chi connectivity index (χ4n) is 5.38. The van der Waals surface area contributed by atoms with Crippen LogP contribution in [-0.2, 0) is 30.7 Å². The number of imidazole rings is 1. The van der Waals surface area contributed by atoms with Crippen LogP contribution in [0.15, 0.2) is 59.9 Å². The molecular weight excluding hydrogens is 526 g/mol. The van der Waals surface area contributed by atoms with Crippen molar-refractivity contribution in [3.8, 4) is 28.6 Å². The number of nitrogens with one attached hydrogen (secondary N) is 1. The first-order chi connectivity index (χ1) is 18.6. The smallest absolute Gasteiger partial charge is 0.269 e. The molecule has 0 bridgehead atoms. The minimum absolute atomic E-state index is 0. The van der Waals surface area contributed by atoms with Crippen LogP contribution in [0.5, 0.6) is 0 Å². The number of carbonyl (C=O) groups is 1. The third kappa shape index (κ3) is 5.42. The Morgan fingerprint density at radius 1 is 1.12 bits per heavy atom. The van der Waals surface area contributed by atoms with E-state index in [-0.39, 0.29) is 70.4 Å². The zero-order valence-corrected chi connectivity index (χ0v) is 26.9. The van der Waals surface area contributed by atoms with E-state index in [0.29, 0.717) is 25.3 Å². The molecule has 2 radical (unpaired) electrons. The number of aliphatic hydroxyl groups is 1. The van der Waals surface area contributed by atoms with Gasteiger partial charge in [0.05, 0.1) is 18.3 Å². The second-order valence-corrected chi connectivity index (χ2v) is 9.61. The molecule has 4 aromatic rings. The topological polar surface area (TPSA) is 137 Å². The predicted molar refractivity (Wildman–Crippen MR) is 150 cm³/mol. The van der Waals surface area contributed by atoms with E-state index in [1.54, 1.807) is 4.90 Å². The maximum absolute atomic E-state index is 12.6. The van der Waals surface area contributed by atoms with Gasteiger partial charge in [0, 0.05) is 89.8 Å². The minimum Gasteiger partial charge on any atom is -0.508 e. The second kappa shape index (κ2) is 12.8. The van der Waals surface area contributed by atoms with Crippen molar-refractivity contribution in [2.45, 2.75) is 51.7 Å². The minimum atomic E-state index is -0.511. The van der Waals surface area contributed by atoms with E-state index in [9.17, 15) is 15.2 Å². The zero-order valence-electron chi connectivity index (χ0n) is 22.9. The van der Waals surface area contributed by atoms with Crippen LogP contribution in [0.1, 0.15) is 42.5 Å². The van der Waals surface area contributed by atoms with E-state index in [2.05, 4.69) is 56.4 Å². The summed E-state index contributed by atoms with van der Waals surface area (Å²) >= 11 is 0. The normalized spacial score (nSPS) is 15.7. The Morgan fingerprint density at radius 3 is 2.55 bits per heavy atom. The largest absolute Gasteiger partial charge is 0.508 e. The van der Waals surface area contributed by atoms with Crippen LogP contribution >= 0.6 is 0 Å². The molecule has 10 nitrogen and oxygen atoms in total. The molecule has 192 valence electrons. The van der Waals surface area contributed by atoms with Crippen LogP contribution in [0.25, 0.3) is 22.5 Å². The average molecular weight is 553 g/mol. The average Bonchev–Trinajstić information content (AvgIpc) is 3.65. The molecule has 1 atom stereocenters. The third-order valence-corrected chi connectivity index (χ3v) is 7.35. The second-order valence-electron chi connectivity index (χ2n) is 9.61. The van der Waals surface area contributed by atoms with Crippen LogP contribution in [0, 0.1) is 11.3 Å². The van der Waals surface area contributed by atoms with Crippen molar-refractivity contribution in [2.75, 3.05) is 0 Å². The number of aryl methyl sites for hydroxylation is 1. The Bertz CT molecular complexity index is 1590. The molecule has 2 aromatic carbocycles. The Labute approximate surface area is 276 Å². The van der Waals surface area contributed by atoms with Gasteiger partial charge in [-0.1, -0.05) is 61.9 Å². The molecule has 0 saturated carbocycles. The summed E-state index contributed by atoms with van der Waals surface area (Å²) in [5.41, 5.74) is 5.79. The van der Waals surface area contributed by atoms with E-state index < -0.39 is 11.9 Å². The fourth-order valence-corrected chi connectivity index (χ4v) is 5.38. The summed E-state index contributed by atoms with van der Waals surface area (Å²) in [5, 5.41) is 34.4. The van der Waals surface area contributed by atoms with Crippen molar-refractivity contribution >= 4 is 65.0 Å². The number of tetrazole rings is 1. The van der Waals surface area contributed by atoms with E-state index in [4.69, 9.17) is 4.98 Å². The number of benzene rings is 2. The van der Waals surface area contributed by atoms with Gasteiger partial charge in [-0.15, -0.1) is 10.2 Å². The number of hydrogen-bond donors (Lipinski definition) is 2. The number of aromatic amines is 1. The zero-order chi connectivity index (χ0) is 26.2. The quantitative estimate of drug-likeness (QED) is 0.337. The Morgan fingerprint density at radius 2 is 1.88 bits per heavy atom. The van der Waals surface area contributed by atoms with E-state index >= 15 is 0 Å². The predicted octanol–water partition coefficient (Wildman–Crippen LogP) is 2.96. The number of aromatic nitrogens is 6. The summed E-state index contributed by atoms with van der Waals surface area (Å²) < 4.78 is 2.23. The molecule has 0 aliphatic carbocycles. The molecule has 0 spiro atoms. The first-order valence-corrected chi connectivity index (χ1v) is 12.7. The molecule has 12 heteroatoms. The molecule has 4 heterocycles. The Hall–Kier alpha value is -2.78. The van der Waals surface area contributed by atoms with Gasteiger partial charge in [0.15, 0.2) is 5.57 Å². The van der Waals surface area contributed by atoms with Crippen molar-refractivity contribution in [1.29, 1.82) is 5.26 Å². The maximum Gasteiger partial charge on any atom is 0.269 e. The SMILES string of the molecule is CCCCc1nc2c(n1Cc1ccc(-c3ccccc3-c3nn[nH]n3)cc1)CC1C(O)=C(C#N)C(=O)N1C2.[Na].[Na]. The van der Waals surface area contributed by atoms with Crippen molar-refractivity contribution in [1.82, 2.24) is 35.1 Å². The van der Waals surface area contributed by atoms with Gasteiger partial charge in [-0.3, -0.25) is 4.79 Å². The number of rotatable bonds is 7. The summed E-state index contributed by atoms with van der Waals surface area (Å²) in [4.78, 5) is 19.1. The summed E-state index contributed by atoms with van der Waals surface area (Å²) in [6, 6.07) is 17.7. The third-order valence-electron chi connectivity index (χ3n) is 7.35. The number of H-pyrrole nitrogens is 1. The summed E-state index contributed by atoms with van der Waals surface area (Å²) in [6.45, 7) is 3.08. The number of amides is 1. The molecule has 0 saturated heterocycles. The summed E-state index contributed by atoms with van der Waals surface area (Å²) in [6.07, 6.45) is 3.34. The number of unbranched alkanes of at least 4 members (excludes halogenated alkanes) is 1. The van der Waals surface area contributed by atoms with Gasteiger partial charge in [-0.05, 0) is 28.3 Å². The van der Waals surface area contributed by atoms with Crippen molar-refractivity contribution in [3.63, 3.8) is 0 Å². The van der Waals surface area contributed by atoms with Crippen LogP contribution in [0.2, 0.25) is 0 Å². The number of nitriles is 1. The number of hydrogen-bond acceptors (Lipinski definition) is 7. The van der Waals surface area contributed by atoms with Crippen molar-refractivity contribution < 1.29 is 9.90 Å². The van der Waals surface area contributed by atoms with Crippen LogP contribution in [0.3, 0.4) is 0 Å². The first kappa shape index (κ1) is 30.2.